The Kier molecular flexibility index (Phi) is 4.21. The van der Waals surface area contributed by atoms with E-state index >= 15 is 0 Å². The topological polar surface area (TPSA) is 108 Å². The van der Waals surface area contributed by atoms with Crippen LogP contribution in [0.4, 0.5) is 0 Å². The maximum Gasteiger partial charge on any atom is 0.326 e. The van der Waals surface area contributed by atoms with Crippen molar-refractivity contribution >= 4 is 22.9 Å². The molecule has 0 fully saturated rings. The monoisotopic (exact) mass is 290 g/mol. The first-order valence-corrected chi connectivity index (χ1v) is 6.78. The maximum atomic E-state index is 12.2. The number of carbonyl (C=O) groups excluding carboxylic acids is 1. The number of aromatic amines is 1. The number of carboxylic acids is 1. The van der Waals surface area contributed by atoms with Crippen molar-refractivity contribution < 1.29 is 14.7 Å². The highest BCUT2D eigenvalue weighted by Crippen LogP contribution is 2.15. The Labute approximate surface area is 121 Å². The molecule has 2 heterocycles. The molecule has 0 radical (unpaired) electrons. The fraction of sp³-hybridized carbons (Fsp3) is 0.429. The Balaban J connectivity index is 2.24. The SMILES string of the molecule is CC[C@H](C)[C@H](NC(=O)c1cnc2n[nH]c(C)c2c1)C(=O)O. The number of nitrogens with zero attached hydrogens (tertiary/aromatic N) is 2. The number of pyridine rings is 1. The quantitative estimate of drug-likeness (QED) is 0.773. The molecule has 7 nitrogen and oxygen atoms in total. The summed E-state index contributed by atoms with van der Waals surface area (Å²) in [7, 11) is 0. The summed E-state index contributed by atoms with van der Waals surface area (Å²) in [5.74, 6) is -1.64. The zero-order valence-electron chi connectivity index (χ0n) is 12.2. The van der Waals surface area contributed by atoms with Gasteiger partial charge in [-0.15, -0.1) is 0 Å². The number of aryl methyl sites for hydroxylation is 1. The molecule has 2 aromatic rings. The van der Waals surface area contributed by atoms with Crippen LogP contribution < -0.4 is 5.32 Å². The number of rotatable bonds is 5. The van der Waals surface area contributed by atoms with Gasteiger partial charge in [0.25, 0.3) is 5.91 Å². The van der Waals surface area contributed by atoms with Gasteiger partial charge in [0.15, 0.2) is 5.65 Å². The molecule has 3 N–H and O–H groups in total. The van der Waals surface area contributed by atoms with Gasteiger partial charge in [-0.05, 0) is 18.9 Å². The normalized spacial score (nSPS) is 13.9. The second kappa shape index (κ2) is 5.90. The van der Waals surface area contributed by atoms with E-state index < -0.39 is 17.9 Å². The van der Waals surface area contributed by atoms with Crippen molar-refractivity contribution in [2.75, 3.05) is 0 Å². The highest BCUT2D eigenvalue weighted by Gasteiger charge is 2.26. The van der Waals surface area contributed by atoms with Gasteiger partial charge in [0.1, 0.15) is 6.04 Å². The Morgan fingerprint density at radius 2 is 2.19 bits per heavy atom. The standard InChI is InChI=1S/C14H18N4O3/c1-4-7(2)11(14(20)21)16-13(19)9-5-10-8(3)17-18-12(10)15-6-9/h5-7,11H,4H2,1-3H3,(H,16,19)(H,20,21)(H,15,17,18)/t7-,11-/m0/s1. The molecular formula is C14H18N4O3. The molecule has 7 heteroatoms. The molecule has 21 heavy (non-hydrogen) atoms. The smallest absolute Gasteiger partial charge is 0.326 e. The predicted octanol–water partition coefficient (Wildman–Crippen LogP) is 1.50. The number of aromatic nitrogens is 3. The molecule has 2 atom stereocenters. The molecule has 2 rings (SSSR count). The number of H-pyrrole nitrogens is 1. The van der Waals surface area contributed by atoms with Gasteiger partial charge < -0.3 is 10.4 Å². The summed E-state index contributed by atoms with van der Waals surface area (Å²) in [5.41, 5.74) is 1.66. The number of amides is 1. The number of hydrogen-bond acceptors (Lipinski definition) is 4. The van der Waals surface area contributed by atoms with Gasteiger partial charge in [0, 0.05) is 17.3 Å². The summed E-state index contributed by atoms with van der Waals surface area (Å²) in [6.45, 7) is 5.51. The van der Waals surface area contributed by atoms with Crippen LogP contribution in [0.15, 0.2) is 12.3 Å². The molecule has 0 saturated carbocycles. The minimum atomic E-state index is -1.04. The molecule has 1 amide bonds. The van der Waals surface area contributed by atoms with E-state index in [1.54, 1.807) is 13.0 Å². The Bertz CT molecular complexity index is 680. The van der Waals surface area contributed by atoms with E-state index in [-0.39, 0.29) is 5.92 Å². The third-order valence-electron chi connectivity index (χ3n) is 3.63. The highest BCUT2D eigenvalue weighted by molar-refractivity contribution is 5.99. The van der Waals surface area contributed by atoms with Crippen molar-refractivity contribution in [2.45, 2.75) is 33.2 Å². The summed E-state index contributed by atoms with van der Waals surface area (Å²) < 4.78 is 0. The van der Waals surface area contributed by atoms with E-state index in [0.717, 1.165) is 11.1 Å². The lowest BCUT2D eigenvalue weighted by Crippen LogP contribution is -2.45. The van der Waals surface area contributed by atoms with Gasteiger partial charge in [-0.25, -0.2) is 9.78 Å². The van der Waals surface area contributed by atoms with Gasteiger partial charge in [0.2, 0.25) is 0 Å². The van der Waals surface area contributed by atoms with E-state index in [9.17, 15) is 14.7 Å². The van der Waals surface area contributed by atoms with Crippen LogP contribution in [0.25, 0.3) is 11.0 Å². The highest BCUT2D eigenvalue weighted by atomic mass is 16.4. The van der Waals surface area contributed by atoms with Gasteiger partial charge in [-0.1, -0.05) is 20.3 Å². The second-order valence-electron chi connectivity index (χ2n) is 5.12. The third-order valence-corrected chi connectivity index (χ3v) is 3.63. The van der Waals surface area contributed by atoms with Crippen molar-refractivity contribution in [3.05, 3.63) is 23.5 Å². The molecule has 0 spiro atoms. The first kappa shape index (κ1) is 15.0. The lowest BCUT2D eigenvalue weighted by Gasteiger charge is -2.20. The van der Waals surface area contributed by atoms with Crippen LogP contribution in [0.2, 0.25) is 0 Å². The second-order valence-corrected chi connectivity index (χ2v) is 5.12. The van der Waals surface area contributed by atoms with Crippen molar-refractivity contribution in [2.24, 2.45) is 5.92 Å². The van der Waals surface area contributed by atoms with E-state index in [2.05, 4.69) is 20.5 Å². The average molecular weight is 290 g/mol. The lowest BCUT2D eigenvalue weighted by atomic mass is 9.99. The van der Waals surface area contributed by atoms with E-state index in [1.165, 1.54) is 6.20 Å². The van der Waals surface area contributed by atoms with Gasteiger partial charge in [-0.2, -0.15) is 5.10 Å². The van der Waals surface area contributed by atoms with Crippen LogP contribution in [0.1, 0.15) is 36.3 Å². The van der Waals surface area contributed by atoms with Crippen molar-refractivity contribution in [1.29, 1.82) is 0 Å². The first-order chi connectivity index (χ1) is 9.93. The molecule has 2 aromatic heterocycles. The third kappa shape index (κ3) is 3.01. The Morgan fingerprint density at radius 3 is 2.81 bits per heavy atom. The maximum absolute atomic E-state index is 12.2. The molecule has 0 saturated heterocycles. The Morgan fingerprint density at radius 1 is 1.48 bits per heavy atom. The van der Waals surface area contributed by atoms with Gasteiger partial charge >= 0.3 is 5.97 Å². The number of carbonyl (C=O) groups is 2. The van der Waals surface area contributed by atoms with Crippen molar-refractivity contribution in [3.63, 3.8) is 0 Å². The average Bonchev–Trinajstić information content (AvgIpc) is 2.84. The van der Waals surface area contributed by atoms with Crippen LogP contribution in [0, 0.1) is 12.8 Å². The van der Waals surface area contributed by atoms with Crippen LogP contribution in [-0.2, 0) is 4.79 Å². The molecular weight excluding hydrogens is 272 g/mol. The molecule has 0 aromatic carbocycles. The van der Waals surface area contributed by atoms with Gasteiger partial charge in [0.05, 0.1) is 5.56 Å². The molecule has 0 aliphatic rings. The van der Waals surface area contributed by atoms with E-state index in [1.807, 2.05) is 13.8 Å². The summed E-state index contributed by atoms with van der Waals surface area (Å²) in [4.78, 5) is 27.5. The van der Waals surface area contributed by atoms with E-state index in [0.29, 0.717) is 17.6 Å². The summed E-state index contributed by atoms with van der Waals surface area (Å²) >= 11 is 0. The zero-order chi connectivity index (χ0) is 15.6. The molecule has 0 unspecified atom stereocenters. The number of nitrogens with one attached hydrogen (secondary N) is 2. The minimum Gasteiger partial charge on any atom is -0.480 e. The lowest BCUT2D eigenvalue weighted by molar-refractivity contribution is -0.140. The molecule has 0 aliphatic heterocycles. The number of fused-ring (bicyclic) bond motifs is 1. The summed E-state index contributed by atoms with van der Waals surface area (Å²) in [5, 5.41) is 19.3. The summed E-state index contributed by atoms with van der Waals surface area (Å²) in [6.07, 6.45) is 2.06. The van der Waals surface area contributed by atoms with Crippen LogP contribution in [0.3, 0.4) is 0 Å². The fourth-order valence-corrected chi connectivity index (χ4v) is 2.05. The largest absolute Gasteiger partial charge is 0.480 e. The van der Waals surface area contributed by atoms with Crippen molar-refractivity contribution in [3.8, 4) is 0 Å². The Hall–Kier alpha value is -2.44. The predicted molar refractivity (Wildman–Crippen MR) is 77.0 cm³/mol. The minimum absolute atomic E-state index is 0.154. The number of aliphatic carboxylic acids is 1. The zero-order valence-corrected chi connectivity index (χ0v) is 12.2. The van der Waals surface area contributed by atoms with Crippen LogP contribution in [0.5, 0.6) is 0 Å². The van der Waals surface area contributed by atoms with Crippen LogP contribution >= 0.6 is 0 Å². The fourth-order valence-electron chi connectivity index (χ4n) is 2.05. The van der Waals surface area contributed by atoms with Crippen LogP contribution in [-0.4, -0.2) is 38.2 Å². The molecule has 0 bridgehead atoms. The van der Waals surface area contributed by atoms with Crippen molar-refractivity contribution in [1.82, 2.24) is 20.5 Å². The van der Waals surface area contributed by atoms with E-state index in [4.69, 9.17) is 0 Å². The molecule has 0 aliphatic carbocycles. The summed E-state index contributed by atoms with van der Waals surface area (Å²) in [6, 6.07) is 0.745. The van der Waals surface area contributed by atoms with Gasteiger partial charge in [-0.3, -0.25) is 9.89 Å². The first-order valence-electron chi connectivity index (χ1n) is 6.78. The molecule has 112 valence electrons. The number of carboxylic acid groups (broad SMARTS) is 1. The number of hydrogen-bond donors (Lipinski definition) is 3.